The lowest BCUT2D eigenvalue weighted by atomic mass is 10.4. The molecule has 5 nitrogen and oxygen atoms in total. The third-order valence-electron chi connectivity index (χ3n) is 2.24. The lowest BCUT2D eigenvalue weighted by Crippen LogP contribution is -2.27. The van der Waals surface area contributed by atoms with Gasteiger partial charge in [-0.05, 0) is 32.4 Å². The lowest BCUT2D eigenvalue weighted by molar-refractivity contribution is -0.118. The van der Waals surface area contributed by atoms with Gasteiger partial charge in [-0.25, -0.2) is 4.98 Å². The zero-order valence-electron chi connectivity index (χ0n) is 11.4. The summed E-state index contributed by atoms with van der Waals surface area (Å²) in [5, 5.41) is 3.53. The van der Waals surface area contributed by atoms with Crippen molar-refractivity contribution in [2.45, 2.75) is 31.4 Å². The van der Waals surface area contributed by atoms with Gasteiger partial charge in [0.1, 0.15) is 5.03 Å². The Balaban J connectivity index is 2.13. The number of amides is 1. The molecule has 1 rings (SSSR count). The Morgan fingerprint density at radius 3 is 3.05 bits per heavy atom. The minimum Gasteiger partial charge on any atom is -0.397 e. The number of carbonyl (C=O) groups excluding carboxylic acids is 1. The summed E-state index contributed by atoms with van der Waals surface area (Å²) in [6.07, 6.45) is 2.72. The summed E-state index contributed by atoms with van der Waals surface area (Å²) in [6, 6.07) is 3.55. The van der Waals surface area contributed by atoms with Crippen LogP contribution >= 0.6 is 11.8 Å². The molecule has 0 aromatic carbocycles. The molecular formula is C13H21N3O2S. The Morgan fingerprint density at radius 1 is 1.58 bits per heavy atom. The van der Waals surface area contributed by atoms with Crippen molar-refractivity contribution in [1.82, 2.24) is 10.3 Å². The van der Waals surface area contributed by atoms with E-state index in [0.717, 1.165) is 6.42 Å². The van der Waals surface area contributed by atoms with Crippen molar-refractivity contribution in [3.8, 4) is 0 Å². The maximum atomic E-state index is 11.6. The second-order valence-electron chi connectivity index (χ2n) is 4.31. The fraction of sp³-hybridized carbons (Fsp3) is 0.538. The van der Waals surface area contributed by atoms with Crippen molar-refractivity contribution in [1.29, 1.82) is 0 Å². The maximum absolute atomic E-state index is 11.6. The molecule has 1 aromatic rings. The first kappa shape index (κ1) is 15.8. The minimum absolute atomic E-state index is 0.0143. The van der Waals surface area contributed by atoms with Crippen molar-refractivity contribution < 1.29 is 9.53 Å². The number of aromatic nitrogens is 1. The summed E-state index contributed by atoms with van der Waals surface area (Å²) in [5.41, 5.74) is 6.35. The van der Waals surface area contributed by atoms with Crippen LogP contribution in [-0.2, 0) is 9.53 Å². The molecular weight excluding hydrogens is 262 g/mol. The van der Waals surface area contributed by atoms with Gasteiger partial charge in [0.05, 0.1) is 17.5 Å². The van der Waals surface area contributed by atoms with Crippen molar-refractivity contribution in [2.24, 2.45) is 0 Å². The number of hydrogen-bond donors (Lipinski definition) is 2. The highest BCUT2D eigenvalue weighted by molar-refractivity contribution is 8.00. The van der Waals surface area contributed by atoms with Gasteiger partial charge in [0, 0.05) is 19.3 Å². The van der Waals surface area contributed by atoms with E-state index >= 15 is 0 Å². The molecule has 0 spiro atoms. The summed E-state index contributed by atoms with van der Waals surface area (Å²) in [4.78, 5) is 15.7. The number of ether oxygens (including phenoxy) is 1. The first-order chi connectivity index (χ1) is 9.09. The van der Waals surface area contributed by atoms with Crippen LogP contribution in [0.3, 0.4) is 0 Å². The molecule has 0 unspecified atom stereocenters. The number of nitrogens with zero attached hydrogens (tertiary/aromatic N) is 1. The number of nitrogens with two attached hydrogens (primary N) is 1. The third-order valence-corrected chi connectivity index (χ3v) is 3.26. The molecule has 1 aromatic heterocycles. The van der Waals surface area contributed by atoms with E-state index in [0.29, 0.717) is 29.6 Å². The van der Waals surface area contributed by atoms with E-state index in [-0.39, 0.29) is 12.0 Å². The van der Waals surface area contributed by atoms with Crippen LogP contribution in [0.15, 0.2) is 23.4 Å². The second-order valence-corrected chi connectivity index (χ2v) is 5.27. The van der Waals surface area contributed by atoms with Crippen LogP contribution < -0.4 is 11.1 Å². The van der Waals surface area contributed by atoms with E-state index < -0.39 is 0 Å². The first-order valence-corrected chi connectivity index (χ1v) is 7.29. The molecule has 3 N–H and O–H groups in total. The number of thioether (sulfide) groups is 1. The molecule has 0 radical (unpaired) electrons. The van der Waals surface area contributed by atoms with E-state index in [1.54, 1.807) is 18.3 Å². The minimum atomic E-state index is -0.0143. The first-order valence-electron chi connectivity index (χ1n) is 6.31. The SMILES string of the molecule is CC(C)OCCCNC(=O)CSc1ncccc1N. The van der Waals surface area contributed by atoms with Gasteiger partial charge in [-0.1, -0.05) is 11.8 Å². The summed E-state index contributed by atoms with van der Waals surface area (Å²) in [6.45, 7) is 5.28. The highest BCUT2D eigenvalue weighted by Gasteiger charge is 2.05. The summed E-state index contributed by atoms with van der Waals surface area (Å²) < 4.78 is 5.39. The molecule has 0 aliphatic carbocycles. The zero-order chi connectivity index (χ0) is 14.1. The standard InChI is InChI=1S/C13H21N3O2S/c1-10(2)18-8-4-7-15-12(17)9-19-13-11(14)5-3-6-16-13/h3,5-6,10H,4,7-9,14H2,1-2H3,(H,15,17). The Hall–Kier alpha value is -1.27. The Labute approximate surface area is 118 Å². The predicted octanol–water partition coefficient (Wildman–Crippen LogP) is 1.69. The molecule has 0 aliphatic heterocycles. The largest absolute Gasteiger partial charge is 0.397 e. The highest BCUT2D eigenvalue weighted by atomic mass is 32.2. The van der Waals surface area contributed by atoms with Crippen LogP contribution in [0.2, 0.25) is 0 Å². The van der Waals surface area contributed by atoms with Crippen molar-refractivity contribution in [3.05, 3.63) is 18.3 Å². The average Bonchev–Trinajstić information content (AvgIpc) is 2.37. The third kappa shape index (κ3) is 7.03. The van der Waals surface area contributed by atoms with E-state index in [1.807, 2.05) is 13.8 Å². The number of hydrogen-bond acceptors (Lipinski definition) is 5. The van der Waals surface area contributed by atoms with Crippen LogP contribution in [0.1, 0.15) is 20.3 Å². The van der Waals surface area contributed by atoms with Crippen LogP contribution in [0.25, 0.3) is 0 Å². The molecule has 106 valence electrons. The van der Waals surface area contributed by atoms with Gasteiger partial charge in [0.2, 0.25) is 5.91 Å². The fourth-order valence-electron chi connectivity index (χ4n) is 1.33. The van der Waals surface area contributed by atoms with Crippen molar-refractivity contribution in [3.63, 3.8) is 0 Å². The molecule has 1 heterocycles. The maximum Gasteiger partial charge on any atom is 0.230 e. The smallest absolute Gasteiger partial charge is 0.230 e. The lowest BCUT2D eigenvalue weighted by Gasteiger charge is -2.08. The molecule has 0 bridgehead atoms. The predicted molar refractivity (Wildman–Crippen MR) is 78.1 cm³/mol. The topological polar surface area (TPSA) is 77.2 Å². The number of carbonyl (C=O) groups is 1. The molecule has 1 amide bonds. The van der Waals surface area contributed by atoms with Gasteiger partial charge in [0.15, 0.2) is 0 Å². The summed E-state index contributed by atoms with van der Waals surface area (Å²) in [7, 11) is 0. The second kappa shape index (κ2) is 8.77. The zero-order valence-corrected chi connectivity index (χ0v) is 12.2. The molecule has 6 heteroatoms. The number of rotatable bonds is 8. The van der Waals surface area contributed by atoms with Gasteiger partial charge in [-0.2, -0.15) is 0 Å². The normalized spacial score (nSPS) is 10.7. The average molecular weight is 283 g/mol. The Morgan fingerprint density at radius 2 is 2.37 bits per heavy atom. The quantitative estimate of drug-likeness (QED) is 0.561. The van der Waals surface area contributed by atoms with Crippen LogP contribution in [0.5, 0.6) is 0 Å². The van der Waals surface area contributed by atoms with E-state index in [1.165, 1.54) is 11.8 Å². The van der Waals surface area contributed by atoms with E-state index in [9.17, 15) is 4.79 Å². The summed E-state index contributed by atoms with van der Waals surface area (Å²) >= 11 is 1.34. The molecule has 0 aliphatic rings. The fourth-order valence-corrected chi connectivity index (χ4v) is 2.07. The number of nitrogens with one attached hydrogen (secondary N) is 1. The molecule has 0 saturated heterocycles. The van der Waals surface area contributed by atoms with Gasteiger partial charge < -0.3 is 15.8 Å². The molecule has 0 fully saturated rings. The van der Waals surface area contributed by atoms with Crippen LogP contribution in [0.4, 0.5) is 5.69 Å². The van der Waals surface area contributed by atoms with Gasteiger partial charge >= 0.3 is 0 Å². The summed E-state index contributed by atoms with van der Waals surface area (Å²) in [5.74, 6) is 0.311. The van der Waals surface area contributed by atoms with Crippen LogP contribution in [0, 0.1) is 0 Å². The van der Waals surface area contributed by atoms with Crippen molar-refractivity contribution in [2.75, 3.05) is 24.6 Å². The molecule has 0 atom stereocenters. The van der Waals surface area contributed by atoms with Gasteiger partial charge in [-0.15, -0.1) is 0 Å². The highest BCUT2D eigenvalue weighted by Crippen LogP contribution is 2.20. The number of anilines is 1. The van der Waals surface area contributed by atoms with E-state index in [2.05, 4.69) is 10.3 Å². The van der Waals surface area contributed by atoms with Gasteiger partial charge in [0.25, 0.3) is 0 Å². The van der Waals surface area contributed by atoms with Crippen LogP contribution in [-0.4, -0.2) is 35.9 Å². The van der Waals surface area contributed by atoms with E-state index in [4.69, 9.17) is 10.5 Å². The Kier molecular flexibility index (Phi) is 7.28. The molecule has 0 saturated carbocycles. The number of nitrogen functional groups attached to an aromatic ring is 1. The monoisotopic (exact) mass is 283 g/mol. The van der Waals surface area contributed by atoms with Crippen molar-refractivity contribution >= 4 is 23.4 Å². The Bertz CT molecular complexity index is 399. The van der Waals surface area contributed by atoms with Gasteiger partial charge in [-0.3, -0.25) is 4.79 Å². The molecule has 19 heavy (non-hydrogen) atoms. The number of pyridine rings is 1.